The number of rotatable bonds is 5. The number of halogens is 2. The predicted octanol–water partition coefficient (Wildman–Crippen LogP) is 4.29. The van der Waals surface area contributed by atoms with E-state index in [1.165, 1.54) is 29.3 Å². The van der Waals surface area contributed by atoms with Gasteiger partial charge in [-0.15, -0.1) is 0 Å². The number of amides is 4. The number of nitrogens with zero attached hydrogens (tertiary/aromatic N) is 3. The molecular weight excluding hydrogens is 554 g/mol. The third-order valence-electron chi connectivity index (χ3n) is 9.85. The van der Waals surface area contributed by atoms with Gasteiger partial charge in [0.05, 0.1) is 16.8 Å². The standard InChI is InChI=1S/C33H34F2N4O4/c1-33(2)10-9-19(25(14-33)18-3-5-20(34)6-4-18)15-37-16-21-11-22(17-37)38(21)28-13-24-23(12-26(28)35)31(42)39(32(24)43)27-7-8-29(40)36-30(27)41/h3-6,12-13,21-22,27H,7-11,14-17H2,1-2H3,(H,36,40,41). The molecule has 0 saturated carbocycles. The molecule has 2 bridgehead atoms. The Bertz CT molecular complexity index is 1590. The Balaban J connectivity index is 1.09. The van der Waals surface area contributed by atoms with Crippen molar-refractivity contribution in [2.24, 2.45) is 5.41 Å². The van der Waals surface area contributed by atoms with Gasteiger partial charge in [0.1, 0.15) is 17.7 Å². The van der Waals surface area contributed by atoms with Crippen LogP contribution in [0.1, 0.15) is 78.7 Å². The molecule has 0 spiro atoms. The summed E-state index contributed by atoms with van der Waals surface area (Å²) in [4.78, 5) is 55.7. The van der Waals surface area contributed by atoms with Crippen molar-refractivity contribution >= 4 is 34.9 Å². The van der Waals surface area contributed by atoms with Crippen molar-refractivity contribution in [3.63, 3.8) is 0 Å². The number of anilines is 1. The predicted molar refractivity (Wildman–Crippen MR) is 155 cm³/mol. The van der Waals surface area contributed by atoms with Crippen molar-refractivity contribution in [1.82, 2.24) is 15.1 Å². The number of hydrogen-bond acceptors (Lipinski definition) is 6. The second-order valence-electron chi connectivity index (χ2n) is 13.4. The largest absolute Gasteiger partial charge is 0.360 e. The first-order chi connectivity index (χ1) is 20.5. The highest BCUT2D eigenvalue weighted by molar-refractivity contribution is 6.23. The van der Waals surface area contributed by atoms with Crippen molar-refractivity contribution in [1.29, 1.82) is 0 Å². The molecule has 43 heavy (non-hydrogen) atoms. The van der Waals surface area contributed by atoms with E-state index in [1.807, 2.05) is 17.0 Å². The molecule has 6 aliphatic rings. The molecule has 3 atom stereocenters. The minimum atomic E-state index is -1.09. The van der Waals surface area contributed by atoms with Gasteiger partial charge in [0.2, 0.25) is 11.8 Å². The molecule has 10 heteroatoms. The second-order valence-corrected chi connectivity index (χ2v) is 13.4. The van der Waals surface area contributed by atoms with Gasteiger partial charge in [0.25, 0.3) is 11.8 Å². The molecule has 4 saturated heterocycles. The Morgan fingerprint density at radius 2 is 1.60 bits per heavy atom. The number of piperidine rings is 2. The van der Waals surface area contributed by atoms with Gasteiger partial charge in [0, 0.05) is 38.1 Å². The number of imide groups is 2. The van der Waals surface area contributed by atoms with Crippen molar-refractivity contribution in [2.45, 2.75) is 70.5 Å². The van der Waals surface area contributed by atoms with Crippen LogP contribution in [0.25, 0.3) is 5.57 Å². The lowest BCUT2D eigenvalue weighted by molar-refractivity contribution is -0.136. The molecule has 2 aromatic rings. The molecule has 4 amide bonds. The zero-order chi connectivity index (χ0) is 30.2. The normalized spacial score (nSPS) is 26.9. The molecular formula is C33H34F2N4O4. The van der Waals surface area contributed by atoms with Gasteiger partial charge in [-0.25, -0.2) is 8.78 Å². The minimum absolute atomic E-state index is 0.0249. The maximum Gasteiger partial charge on any atom is 0.262 e. The molecule has 1 N–H and O–H groups in total. The Labute approximate surface area is 248 Å². The summed E-state index contributed by atoms with van der Waals surface area (Å²) in [5.41, 5.74) is 4.25. The van der Waals surface area contributed by atoms with Gasteiger partial charge in [0.15, 0.2) is 0 Å². The quantitative estimate of drug-likeness (QED) is 0.525. The number of allylic oxidation sites excluding steroid dienone is 1. The van der Waals surface area contributed by atoms with Crippen LogP contribution in [0.5, 0.6) is 0 Å². The van der Waals surface area contributed by atoms with E-state index >= 15 is 4.39 Å². The third-order valence-corrected chi connectivity index (χ3v) is 9.85. The van der Waals surface area contributed by atoms with Crippen molar-refractivity contribution in [3.8, 4) is 0 Å². The fraction of sp³-hybridized carbons (Fsp3) is 0.455. The first-order valence-corrected chi connectivity index (χ1v) is 15.0. The number of carbonyl (C=O) groups is 4. The highest BCUT2D eigenvalue weighted by atomic mass is 19.1. The lowest BCUT2D eigenvalue weighted by Crippen LogP contribution is -2.69. The molecule has 224 valence electrons. The van der Waals surface area contributed by atoms with Crippen LogP contribution in [-0.2, 0) is 9.59 Å². The fourth-order valence-electron chi connectivity index (χ4n) is 7.63. The highest BCUT2D eigenvalue weighted by Gasteiger charge is 2.49. The van der Waals surface area contributed by atoms with E-state index in [0.717, 1.165) is 61.8 Å². The maximum absolute atomic E-state index is 15.5. The molecule has 5 aliphatic heterocycles. The van der Waals surface area contributed by atoms with E-state index in [-0.39, 0.29) is 47.3 Å². The van der Waals surface area contributed by atoms with E-state index in [2.05, 4.69) is 24.1 Å². The van der Waals surface area contributed by atoms with E-state index in [0.29, 0.717) is 5.69 Å². The molecule has 0 radical (unpaired) electrons. The zero-order valence-corrected chi connectivity index (χ0v) is 24.3. The highest BCUT2D eigenvalue weighted by Crippen LogP contribution is 2.45. The van der Waals surface area contributed by atoms with E-state index in [4.69, 9.17) is 0 Å². The van der Waals surface area contributed by atoms with Crippen LogP contribution in [-0.4, -0.2) is 71.2 Å². The molecule has 1 aliphatic carbocycles. The average Bonchev–Trinajstić information content (AvgIpc) is 3.19. The lowest BCUT2D eigenvalue weighted by Gasteiger charge is -2.58. The van der Waals surface area contributed by atoms with Crippen molar-refractivity contribution in [3.05, 3.63) is 70.3 Å². The Kier molecular flexibility index (Phi) is 6.54. The molecule has 8 rings (SSSR count). The van der Waals surface area contributed by atoms with Crippen LogP contribution in [0, 0.1) is 17.0 Å². The molecule has 3 unspecified atom stereocenters. The van der Waals surface area contributed by atoms with Crippen LogP contribution < -0.4 is 10.2 Å². The zero-order valence-electron chi connectivity index (χ0n) is 24.3. The first-order valence-electron chi connectivity index (χ1n) is 15.0. The third kappa shape index (κ3) is 4.76. The summed E-state index contributed by atoms with van der Waals surface area (Å²) in [6.45, 7) is 6.84. The summed E-state index contributed by atoms with van der Waals surface area (Å²) in [6.07, 6.45) is 3.99. The Hall–Kier alpha value is -3.92. The molecule has 8 nitrogen and oxygen atoms in total. The summed E-state index contributed by atoms with van der Waals surface area (Å²) in [5.74, 6) is -3.29. The maximum atomic E-state index is 15.5. The topological polar surface area (TPSA) is 90.0 Å². The SMILES string of the molecule is CC1(C)CCC(CN2CC3CC(C2)N3c2cc3c(cc2F)C(=O)N(C2CCC(=O)NC2=O)C3=O)=C(c2ccc(F)cc2)C1. The summed E-state index contributed by atoms with van der Waals surface area (Å²) in [5, 5.41) is 2.18. The smallest absolute Gasteiger partial charge is 0.262 e. The fourth-order valence-corrected chi connectivity index (χ4v) is 7.63. The van der Waals surface area contributed by atoms with Crippen molar-refractivity contribution < 1.29 is 28.0 Å². The first kappa shape index (κ1) is 27.9. The van der Waals surface area contributed by atoms with E-state index < -0.39 is 35.5 Å². The number of fused-ring (bicyclic) bond motifs is 3. The molecule has 0 aromatic heterocycles. The van der Waals surface area contributed by atoms with Crippen LogP contribution in [0.4, 0.5) is 14.5 Å². The van der Waals surface area contributed by atoms with E-state index in [9.17, 15) is 23.6 Å². The molecule has 4 fully saturated rings. The number of piperazine rings is 1. The van der Waals surface area contributed by atoms with E-state index in [1.54, 1.807) is 0 Å². The van der Waals surface area contributed by atoms with Gasteiger partial charge in [-0.3, -0.25) is 34.3 Å². The van der Waals surface area contributed by atoms with Crippen LogP contribution in [0.3, 0.4) is 0 Å². The molecule has 5 heterocycles. The average molecular weight is 589 g/mol. The lowest BCUT2D eigenvalue weighted by atomic mass is 9.72. The Morgan fingerprint density at radius 1 is 0.930 bits per heavy atom. The van der Waals surface area contributed by atoms with Gasteiger partial charge < -0.3 is 4.90 Å². The number of carbonyl (C=O) groups excluding carboxylic acids is 4. The van der Waals surface area contributed by atoms with Gasteiger partial charge >= 0.3 is 0 Å². The summed E-state index contributed by atoms with van der Waals surface area (Å²) in [7, 11) is 0. The monoisotopic (exact) mass is 588 g/mol. The summed E-state index contributed by atoms with van der Waals surface area (Å²) in [6, 6.07) is 8.39. The Morgan fingerprint density at radius 3 is 2.28 bits per heavy atom. The summed E-state index contributed by atoms with van der Waals surface area (Å²) < 4.78 is 29.2. The van der Waals surface area contributed by atoms with Gasteiger partial charge in [-0.2, -0.15) is 0 Å². The van der Waals surface area contributed by atoms with Gasteiger partial charge in [-0.05, 0) is 72.9 Å². The number of benzene rings is 2. The van der Waals surface area contributed by atoms with Crippen molar-refractivity contribution in [2.75, 3.05) is 24.5 Å². The number of hydrogen-bond donors (Lipinski definition) is 1. The minimum Gasteiger partial charge on any atom is -0.360 e. The van der Waals surface area contributed by atoms with Gasteiger partial charge in [-0.1, -0.05) is 31.6 Å². The molecule has 2 aromatic carbocycles. The van der Waals surface area contributed by atoms with Crippen LogP contribution in [0.15, 0.2) is 42.0 Å². The summed E-state index contributed by atoms with van der Waals surface area (Å²) >= 11 is 0. The van der Waals surface area contributed by atoms with Crippen LogP contribution >= 0.6 is 0 Å². The second kappa shape index (κ2) is 10.1. The van der Waals surface area contributed by atoms with Crippen LogP contribution in [0.2, 0.25) is 0 Å². The number of nitrogens with one attached hydrogen (secondary N) is 1.